The van der Waals surface area contributed by atoms with E-state index in [2.05, 4.69) is 18.9 Å². The first-order chi connectivity index (χ1) is 7.63. The highest BCUT2D eigenvalue weighted by Crippen LogP contribution is 2.24. The van der Waals surface area contributed by atoms with E-state index in [1.165, 1.54) is 6.42 Å². The van der Waals surface area contributed by atoms with E-state index < -0.39 is 0 Å². The maximum absolute atomic E-state index is 6.27. The van der Waals surface area contributed by atoms with Crippen LogP contribution in [0, 0.1) is 12.8 Å². The molecule has 1 aromatic rings. The molecule has 1 heterocycles. The van der Waals surface area contributed by atoms with Crippen LogP contribution in [0.15, 0.2) is 0 Å². The number of aryl methyl sites for hydroxylation is 2. The fourth-order valence-electron chi connectivity index (χ4n) is 2.05. The molecule has 4 heteroatoms. The Balaban J connectivity index is 2.85. The van der Waals surface area contributed by atoms with Gasteiger partial charge >= 0.3 is 0 Å². The van der Waals surface area contributed by atoms with Crippen LogP contribution in [0.2, 0.25) is 5.02 Å². The lowest BCUT2D eigenvalue weighted by Gasteiger charge is -2.14. The third-order valence-corrected chi connectivity index (χ3v) is 3.46. The molecule has 0 aromatic carbocycles. The summed E-state index contributed by atoms with van der Waals surface area (Å²) in [4.78, 5) is 0. The van der Waals surface area contributed by atoms with Gasteiger partial charge in [-0.15, -0.1) is 0 Å². The molecule has 0 spiro atoms. The minimum absolute atomic E-state index is 0.518. The predicted octanol–water partition coefficient (Wildman–Crippen LogP) is 2.78. The van der Waals surface area contributed by atoms with Gasteiger partial charge in [0.15, 0.2) is 0 Å². The largest absolute Gasteiger partial charge is 0.330 e. The number of rotatable bonds is 6. The summed E-state index contributed by atoms with van der Waals surface area (Å²) in [5.41, 5.74) is 7.85. The number of hydrogen-bond acceptors (Lipinski definition) is 2. The van der Waals surface area contributed by atoms with E-state index in [1.54, 1.807) is 0 Å². The van der Waals surface area contributed by atoms with E-state index >= 15 is 0 Å². The minimum Gasteiger partial charge on any atom is -0.330 e. The monoisotopic (exact) mass is 243 g/mol. The van der Waals surface area contributed by atoms with Crippen LogP contribution in [0.25, 0.3) is 0 Å². The first-order valence-electron chi connectivity index (χ1n) is 6.05. The summed E-state index contributed by atoms with van der Waals surface area (Å²) in [6, 6.07) is 0. The van der Waals surface area contributed by atoms with Crippen molar-refractivity contribution in [2.24, 2.45) is 11.7 Å². The second-order valence-electron chi connectivity index (χ2n) is 4.26. The van der Waals surface area contributed by atoms with Crippen molar-refractivity contribution in [3.8, 4) is 0 Å². The van der Waals surface area contributed by atoms with E-state index in [4.69, 9.17) is 17.3 Å². The quantitative estimate of drug-likeness (QED) is 0.835. The highest BCUT2D eigenvalue weighted by Gasteiger charge is 2.16. The summed E-state index contributed by atoms with van der Waals surface area (Å²) in [6.07, 6.45) is 3.26. The summed E-state index contributed by atoms with van der Waals surface area (Å²) in [7, 11) is 0. The lowest BCUT2D eigenvalue weighted by molar-refractivity contribution is 0.465. The van der Waals surface area contributed by atoms with Crippen molar-refractivity contribution in [2.75, 3.05) is 6.54 Å². The summed E-state index contributed by atoms with van der Waals surface area (Å²) in [6.45, 7) is 7.82. The number of halogens is 1. The molecule has 0 fully saturated rings. The molecule has 2 N–H and O–H groups in total. The number of aromatic nitrogens is 2. The van der Waals surface area contributed by atoms with Crippen LogP contribution in [-0.2, 0) is 13.0 Å². The van der Waals surface area contributed by atoms with Crippen LogP contribution >= 0.6 is 11.6 Å². The number of nitrogens with two attached hydrogens (primary N) is 1. The topological polar surface area (TPSA) is 43.8 Å². The van der Waals surface area contributed by atoms with Gasteiger partial charge in [-0.3, -0.25) is 4.68 Å². The Kier molecular flexibility index (Phi) is 5.29. The van der Waals surface area contributed by atoms with Gasteiger partial charge in [0, 0.05) is 6.54 Å². The second-order valence-corrected chi connectivity index (χ2v) is 4.63. The maximum Gasteiger partial charge on any atom is 0.0847 e. The van der Waals surface area contributed by atoms with Crippen molar-refractivity contribution in [3.05, 3.63) is 16.4 Å². The average Bonchev–Trinajstić information content (AvgIpc) is 2.55. The Hall–Kier alpha value is -0.540. The predicted molar refractivity (Wildman–Crippen MR) is 68.8 cm³/mol. The van der Waals surface area contributed by atoms with Crippen LogP contribution in [0.3, 0.4) is 0 Å². The maximum atomic E-state index is 6.27. The average molecular weight is 244 g/mol. The van der Waals surface area contributed by atoms with Crippen molar-refractivity contribution in [2.45, 2.75) is 46.6 Å². The molecular weight excluding hydrogens is 222 g/mol. The van der Waals surface area contributed by atoms with E-state index in [0.717, 1.165) is 42.3 Å². The van der Waals surface area contributed by atoms with Gasteiger partial charge < -0.3 is 5.73 Å². The van der Waals surface area contributed by atoms with Crippen LogP contribution in [0.4, 0.5) is 0 Å². The molecule has 0 aliphatic heterocycles. The summed E-state index contributed by atoms with van der Waals surface area (Å²) < 4.78 is 2.00. The van der Waals surface area contributed by atoms with Gasteiger partial charge in [-0.05, 0) is 39.2 Å². The van der Waals surface area contributed by atoms with Gasteiger partial charge in [-0.25, -0.2) is 0 Å². The van der Waals surface area contributed by atoms with Crippen molar-refractivity contribution in [1.29, 1.82) is 0 Å². The van der Waals surface area contributed by atoms with Gasteiger partial charge in [0.1, 0.15) is 0 Å². The van der Waals surface area contributed by atoms with Crippen LogP contribution in [0.5, 0.6) is 0 Å². The molecule has 0 bridgehead atoms. The van der Waals surface area contributed by atoms with Gasteiger partial charge in [0.25, 0.3) is 0 Å². The van der Waals surface area contributed by atoms with Gasteiger partial charge in [0.2, 0.25) is 0 Å². The van der Waals surface area contributed by atoms with Crippen molar-refractivity contribution >= 4 is 11.6 Å². The molecule has 0 saturated heterocycles. The zero-order chi connectivity index (χ0) is 12.1. The Morgan fingerprint density at radius 1 is 1.44 bits per heavy atom. The molecule has 0 radical (unpaired) electrons. The van der Waals surface area contributed by atoms with Crippen LogP contribution < -0.4 is 5.73 Å². The third kappa shape index (κ3) is 2.98. The number of nitrogens with zero attached hydrogens (tertiary/aromatic N) is 2. The third-order valence-electron chi connectivity index (χ3n) is 2.97. The number of hydrogen-bond donors (Lipinski definition) is 1. The molecule has 1 atom stereocenters. The SMILES string of the molecule is CCCC(CN)Cc1c(Cl)c(C)nn1CC. The Morgan fingerprint density at radius 2 is 2.12 bits per heavy atom. The van der Waals surface area contributed by atoms with Crippen molar-refractivity contribution in [3.63, 3.8) is 0 Å². The van der Waals surface area contributed by atoms with Gasteiger partial charge in [-0.1, -0.05) is 24.9 Å². The van der Waals surface area contributed by atoms with Gasteiger partial charge in [0.05, 0.1) is 16.4 Å². The Bertz CT molecular complexity index is 333. The highest BCUT2D eigenvalue weighted by atomic mass is 35.5. The molecular formula is C12H22ClN3. The first kappa shape index (κ1) is 13.5. The lowest BCUT2D eigenvalue weighted by atomic mass is 9.98. The van der Waals surface area contributed by atoms with Crippen LogP contribution in [-0.4, -0.2) is 16.3 Å². The van der Waals surface area contributed by atoms with E-state index in [9.17, 15) is 0 Å². The fourth-order valence-corrected chi connectivity index (χ4v) is 2.26. The van der Waals surface area contributed by atoms with Crippen molar-refractivity contribution in [1.82, 2.24) is 9.78 Å². The second kappa shape index (κ2) is 6.26. The smallest absolute Gasteiger partial charge is 0.0847 e. The molecule has 0 aliphatic carbocycles. The molecule has 0 aliphatic rings. The highest BCUT2D eigenvalue weighted by molar-refractivity contribution is 6.31. The van der Waals surface area contributed by atoms with Crippen LogP contribution in [0.1, 0.15) is 38.1 Å². The van der Waals surface area contributed by atoms with Gasteiger partial charge in [-0.2, -0.15) is 5.10 Å². The minimum atomic E-state index is 0.518. The summed E-state index contributed by atoms with van der Waals surface area (Å²) >= 11 is 6.27. The standard InChI is InChI=1S/C12H22ClN3/c1-4-6-10(8-14)7-11-12(13)9(3)15-16(11)5-2/h10H,4-8,14H2,1-3H3. The lowest BCUT2D eigenvalue weighted by Crippen LogP contribution is -2.18. The van der Waals surface area contributed by atoms with Crippen molar-refractivity contribution < 1.29 is 0 Å². The zero-order valence-corrected chi connectivity index (χ0v) is 11.2. The zero-order valence-electron chi connectivity index (χ0n) is 10.5. The molecule has 16 heavy (non-hydrogen) atoms. The molecule has 92 valence electrons. The molecule has 3 nitrogen and oxygen atoms in total. The molecule has 1 unspecified atom stereocenters. The fraction of sp³-hybridized carbons (Fsp3) is 0.750. The first-order valence-corrected chi connectivity index (χ1v) is 6.43. The normalized spacial score (nSPS) is 13.1. The Morgan fingerprint density at radius 3 is 2.62 bits per heavy atom. The van der Waals surface area contributed by atoms with E-state index in [-0.39, 0.29) is 0 Å². The molecule has 0 saturated carbocycles. The Labute approximate surface area is 103 Å². The summed E-state index contributed by atoms with van der Waals surface area (Å²) in [5.74, 6) is 0.518. The summed E-state index contributed by atoms with van der Waals surface area (Å²) in [5, 5.41) is 5.24. The molecule has 1 aromatic heterocycles. The van der Waals surface area contributed by atoms with E-state index in [0.29, 0.717) is 5.92 Å². The molecule has 0 amide bonds. The van der Waals surface area contributed by atoms with E-state index in [1.807, 2.05) is 11.6 Å². The molecule has 1 rings (SSSR count).